The molecule has 3 heterocycles. The summed E-state index contributed by atoms with van der Waals surface area (Å²) >= 11 is 3.59. The van der Waals surface area contributed by atoms with Crippen LogP contribution in [0.2, 0.25) is 0 Å². The molecule has 0 N–H and O–H groups in total. The molecule has 5 heteroatoms. The predicted octanol–water partition coefficient (Wildman–Crippen LogP) is 5.11. The van der Waals surface area contributed by atoms with E-state index in [1.807, 2.05) is 11.3 Å². The minimum absolute atomic E-state index is 0.798. The molecule has 3 aromatic rings. The second-order valence-electron chi connectivity index (χ2n) is 5.99. The number of ether oxygens (including phenoxy) is 1. The molecule has 0 radical (unpaired) electrons. The zero-order valence-corrected chi connectivity index (χ0v) is 16.2. The van der Waals surface area contributed by atoms with Crippen LogP contribution in [0.4, 0.5) is 0 Å². The molecular formula is C19H24N2OS2. The van der Waals surface area contributed by atoms with Crippen molar-refractivity contribution in [2.75, 3.05) is 13.7 Å². The summed E-state index contributed by atoms with van der Waals surface area (Å²) in [6.45, 7) is 6.23. The first-order valence-electron chi connectivity index (χ1n) is 8.32. The van der Waals surface area contributed by atoms with Gasteiger partial charge in [0, 0.05) is 53.9 Å². The molecule has 0 aliphatic carbocycles. The van der Waals surface area contributed by atoms with E-state index in [4.69, 9.17) is 9.72 Å². The Morgan fingerprint density at radius 3 is 2.83 bits per heavy atom. The summed E-state index contributed by atoms with van der Waals surface area (Å²) in [6.07, 6.45) is 3.12. The third kappa shape index (κ3) is 3.97. The Hall–Kier alpha value is -1.43. The van der Waals surface area contributed by atoms with Gasteiger partial charge in [-0.15, -0.1) is 22.7 Å². The van der Waals surface area contributed by atoms with Crippen molar-refractivity contribution in [3.8, 4) is 11.3 Å². The quantitative estimate of drug-likeness (QED) is 0.522. The lowest BCUT2D eigenvalue weighted by Crippen LogP contribution is -2.04. The monoisotopic (exact) mass is 360 g/mol. The molecule has 0 unspecified atom stereocenters. The van der Waals surface area contributed by atoms with Crippen molar-refractivity contribution in [3.05, 3.63) is 50.2 Å². The van der Waals surface area contributed by atoms with Crippen molar-refractivity contribution in [3.63, 3.8) is 0 Å². The molecule has 3 rings (SSSR count). The number of hydrogen-bond acceptors (Lipinski definition) is 4. The maximum atomic E-state index is 5.13. The molecule has 128 valence electrons. The number of thiophene rings is 1. The number of nitrogens with zero attached hydrogens (tertiary/aromatic N) is 2. The SMILES string of the molecule is COCCCc1nc(-c2cc(C)n(CCc3cccs3)c2C)cs1. The molecule has 0 fully saturated rings. The van der Waals surface area contributed by atoms with Gasteiger partial charge in [-0.2, -0.15) is 0 Å². The van der Waals surface area contributed by atoms with E-state index in [0.29, 0.717) is 0 Å². The van der Waals surface area contributed by atoms with E-state index >= 15 is 0 Å². The summed E-state index contributed by atoms with van der Waals surface area (Å²) < 4.78 is 7.54. The van der Waals surface area contributed by atoms with Crippen LogP contribution in [0.1, 0.15) is 27.7 Å². The van der Waals surface area contributed by atoms with Crippen LogP contribution in [-0.4, -0.2) is 23.3 Å². The first-order chi connectivity index (χ1) is 11.7. The fourth-order valence-corrected chi connectivity index (χ4v) is 4.54. The van der Waals surface area contributed by atoms with Crippen molar-refractivity contribution < 1.29 is 4.74 Å². The second kappa shape index (κ2) is 8.10. The molecule has 0 atom stereocenters. The Morgan fingerprint density at radius 2 is 2.08 bits per heavy atom. The molecular weight excluding hydrogens is 336 g/mol. The summed E-state index contributed by atoms with van der Waals surface area (Å²) in [4.78, 5) is 6.27. The normalized spacial score (nSPS) is 11.3. The highest BCUT2D eigenvalue weighted by Crippen LogP contribution is 2.29. The maximum Gasteiger partial charge on any atom is 0.0933 e. The number of aryl methyl sites for hydroxylation is 3. The lowest BCUT2D eigenvalue weighted by atomic mass is 10.2. The molecule has 0 spiro atoms. The molecule has 0 amide bonds. The van der Waals surface area contributed by atoms with Gasteiger partial charge in [-0.3, -0.25) is 0 Å². The highest BCUT2D eigenvalue weighted by molar-refractivity contribution is 7.10. The van der Waals surface area contributed by atoms with Crippen LogP contribution in [-0.2, 0) is 24.1 Å². The second-order valence-corrected chi connectivity index (χ2v) is 7.96. The van der Waals surface area contributed by atoms with Crippen LogP contribution in [0.15, 0.2) is 29.0 Å². The smallest absolute Gasteiger partial charge is 0.0933 e. The summed E-state index contributed by atoms with van der Waals surface area (Å²) in [5, 5.41) is 5.54. The molecule has 0 saturated heterocycles. The van der Waals surface area contributed by atoms with Gasteiger partial charge in [0.15, 0.2) is 0 Å². The fourth-order valence-electron chi connectivity index (χ4n) is 3.00. The van der Waals surface area contributed by atoms with Gasteiger partial charge in [-0.25, -0.2) is 4.98 Å². The summed E-state index contributed by atoms with van der Waals surface area (Å²) in [6, 6.07) is 6.62. The minimum atomic E-state index is 0.798. The highest BCUT2D eigenvalue weighted by Gasteiger charge is 2.13. The van der Waals surface area contributed by atoms with Gasteiger partial charge in [0.2, 0.25) is 0 Å². The number of hydrogen-bond donors (Lipinski definition) is 0. The van der Waals surface area contributed by atoms with E-state index in [0.717, 1.165) is 38.1 Å². The molecule has 24 heavy (non-hydrogen) atoms. The van der Waals surface area contributed by atoms with E-state index in [9.17, 15) is 0 Å². The van der Waals surface area contributed by atoms with E-state index in [-0.39, 0.29) is 0 Å². The maximum absolute atomic E-state index is 5.13. The first-order valence-corrected chi connectivity index (χ1v) is 10.1. The van der Waals surface area contributed by atoms with Gasteiger partial charge < -0.3 is 9.30 Å². The van der Waals surface area contributed by atoms with E-state index < -0.39 is 0 Å². The highest BCUT2D eigenvalue weighted by atomic mass is 32.1. The van der Waals surface area contributed by atoms with E-state index in [1.165, 1.54) is 26.8 Å². The molecule has 0 saturated carbocycles. The Labute approximate surface area is 151 Å². The van der Waals surface area contributed by atoms with Gasteiger partial charge in [0.1, 0.15) is 0 Å². The fraction of sp³-hybridized carbons (Fsp3) is 0.421. The number of thiazole rings is 1. The first kappa shape index (κ1) is 17.4. The topological polar surface area (TPSA) is 27.1 Å². The Morgan fingerprint density at radius 1 is 1.21 bits per heavy atom. The molecule has 3 aromatic heterocycles. The minimum Gasteiger partial charge on any atom is -0.385 e. The van der Waals surface area contributed by atoms with Gasteiger partial charge in [-0.1, -0.05) is 6.07 Å². The summed E-state index contributed by atoms with van der Waals surface area (Å²) in [5.74, 6) is 0. The van der Waals surface area contributed by atoms with Crippen LogP contribution in [0.3, 0.4) is 0 Å². The van der Waals surface area contributed by atoms with Crippen molar-refractivity contribution >= 4 is 22.7 Å². The van der Waals surface area contributed by atoms with Crippen molar-refractivity contribution in [2.24, 2.45) is 0 Å². The van der Waals surface area contributed by atoms with E-state index in [1.54, 1.807) is 18.4 Å². The van der Waals surface area contributed by atoms with Crippen molar-refractivity contribution in [2.45, 2.75) is 39.7 Å². The van der Waals surface area contributed by atoms with E-state index in [2.05, 4.69) is 47.4 Å². The standard InChI is InChI=1S/C19H24N2OS2/c1-14-12-17(18-13-24-19(20-18)7-4-10-22-3)15(2)21(14)9-8-16-6-5-11-23-16/h5-6,11-13H,4,7-10H2,1-3H3. The summed E-state index contributed by atoms with van der Waals surface area (Å²) in [5.41, 5.74) is 5.02. The largest absolute Gasteiger partial charge is 0.385 e. The van der Waals surface area contributed by atoms with Gasteiger partial charge in [0.05, 0.1) is 10.7 Å². The molecule has 3 nitrogen and oxygen atoms in total. The zero-order valence-electron chi connectivity index (χ0n) is 14.5. The Bertz CT molecular complexity index is 771. The van der Waals surface area contributed by atoms with Crippen molar-refractivity contribution in [1.82, 2.24) is 9.55 Å². The van der Waals surface area contributed by atoms with Crippen molar-refractivity contribution in [1.29, 1.82) is 0 Å². The van der Waals surface area contributed by atoms with Crippen LogP contribution in [0, 0.1) is 13.8 Å². The zero-order chi connectivity index (χ0) is 16.9. The Balaban J connectivity index is 1.73. The number of aromatic nitrogens is 2. The van der Waals surface area contributed by atoms with Gasteiger partial charge in [-0.05, 0) is 44.2 Å². The van der Waals surface area contributed by atoms with Gasteiger partial charge in [0.25, 0.3) is 0 Å². The third-order valence-corrected chi connectivity index (χ3v) is 6.15. The lowest BCUT2D eigenvalue weighted by molar-refractivity contribution is 0.195. The molecule has 0 aliphatic heterocycles. The predicted molar refractivity (Wildman–Crippen MR) is 103 cm³/mol. The Kier molecular flexibility index (Phi) is 5.87. The average Bonchev–Trinajstić information content (AvgIpc) is 3.28. The van der Waals surface area contributed by atoms with Crippen LogP contribution >= 0.6 is 22.7 Å². The number of rotatable bonds is 8. The average molecular weight is 361 g/mol. The molecule has 0 aromatic carbocycles. The number of methoxy groups -OCH3 is 1. The molecule has 0 aliphatic rings. The molecule has 0 bridgehead atoms. The van der Waals surface area contributed by atoms with Crippen LogP contribution < -0.4 is 0 Å². The third-order valence-electron chi connectivity index (χ3n) is 4.30. The summed E-state index contributed by atoms with van der Waals surface area (Å²) in [7, 11) is 1.75. The van der Waals surface area contributed by atoms with Crippen LogP contribution in [0.5, 0.6) is 0 Å². The van der Waals surface area contributed by atoms with Gasteiger partial charge >= 0.3 is 0 Å². The lowest BCUT2D eigenvalue weighted by Gasteiger charge is -2.08. The van der Waals surface area contributed by atoms with Crippen LogP contribution in [0.25, 0.3) is 11.3 Å².